The first-order chi connectivity index (χ1) is 14.0. The highest BCUT2D eigenvalue weighted by Gasteiger charge is 2.14. The SMILES string of the molecule is C#CCOc1c(CC=C)cc(/C=C(\C#N)c2ccc([N+](=O)[O-])cc2)cc1OCC. The molecule has 0 atom stereocenters. The van der Waals surface area contributed by atoms with Crippen molar-refractivity contribution in [3.63, 3.8) is 0 Å². The molecule has 0 heterocycles. The van der Waals surface area contributed by atoms with Crippen molar-refractivity contribution >= 4 is 17.3 Å². The van der Waals surface area contributed by atoms with Crippen molar-refractivity contribution in [2.45, 2.75) is 13.3 Å². The van der Waals surface area contributed by atoms with Gasteiger partial charge in [-0.2, -0.15) is 5.26 Å². The first-order valence-corrected chi connectivity index (χ1v) is 8.87. The van der Waals surface area contributed by atoms with Crippen LogP contribution in [0.1, 0.15) is 23.6 Å². The molecule has 0 unspecified atom stereocenters. The summed E-state index contributed by atoms with van der Waals surface area (Å²) in [4.78, 5) is 10.3. The van der Waals surface area contributed by atoms with Crippen molar-refractivity contribution < 1.29 is 14.4 Å². The average Bonchev–Trinajstić information content (AvgIpc) is 2.72. The van der Waals surface area contributed by atoms with Gasteiger partial charge in [-0.3, -0.25) is 10.1 Å². The molecular formula is C23H20N2O4. The topological polar surface area (TPSA) is 85.4 Å². The predicted octanol–water partition coefficient (Wildman–Crippen LogP) is 4.80. The van der Waals surface area contributed by atoms with E-state index in [2.05, 4.69) is 18.6 Å². The molecule has 0 N–H and O–H groups in total. The number of nitriles is 1. The predicted molar refractivity (Wildman–Crippen MR) is 112 cm³/mol. The largest absolute Gasteiger partial charge is 0.490 e. The molecule has 0 aromatic heterocycles. The number of nitro groups is 1. The summed E-state index contributed by atoms with van der Waals surface area (Å²) in [5.41, 5.74) is 2.47. The third-order valence-electron chi connectivity index (χ3n) is 3.94. The number of ether oxygens (including phenoxy) is 2. The summed E-state index contributed by atoms with van der Waals surface area (Å²) < 4.78 is 11.4. The number of hydrogen-bond acceptors (Lipinski definition) is 5. The zero-order chi connectivity index (χ0) is 21.2. The van der Waals surface area contributed by atoms with Gasteiger partial charge in [-0.1, -0.05) is 12.0 Å². The van der Waals surface area contributed by atoms with Crippen molar-refractivity contribution in [1.29, 1.82) is 5.26 Å². The molecule has 2 rings (SSSR count). The highest BCUT2D eigenvalue weighted by molar-refractivity contribution is 5.90. The molecule has 0 aliphatic rings. The molecule has 0 radical (unpaired) electrons. The number of rotatable bonds is 9. The first kappa shape index (κ1) is 21.3. The van der Waals surface area contributed by atoms with Gasteiger partial charge in [0.1, 0.15) is 6.61 Å². The molecule has 0 aliphatic heterocycles. The summed E-state index contributed by atoms with van der Waals surface area (Å²) in [6.45, 7) is 6.16. The summed E-state index contributed by atoms with van der Waals surface area (Å²) in [5.74, 6) is 3.51. The summed E-state index contributed by atoms with van der Waals surface area (Å²) in [7, 11) is 0. The Kier molecular flexibility index (Phi) is 7.59. The van der Waals surface area contributed by atoms with Gasteiger partial charge < -0.3 is 9.47 Å². The number of allylic oxidation sites excluding steroid dienone is 2. The molecule has 2 aromatic rings. The number of hydrogen-bond donors (Lipinski definition) is 0. The van der Waals surface area contributed by atoms with Gasteiger partial charge in [-0.05, 0) is 54.8 Å². The molecule has 0 fully saturated rings. The van der Waals surface area contributed by atoms with Gasteiger partial charge in [0.2, 0.25) is 0 Å². The van der Waals surface area contributed by atoms with E-state index in [1.54, 1.807) is 30.4 Å². The van der Waals surface area contributed by atoms with Crippen LogP contribution in [-0.4, -0.2) is 18.1 Å². The second kappa shape index (κ2) is 10.3. The van der Waals surface area contributed by atoms with Crippen molar-refractivity contribution in [2.75, 3.05) is 13.2 Å². The fourth-order valence-corrected chi connectivity index (χ4v) is 2.72. The Morgan fingerprint density at radius 1 is 1.31 bits per heavy atom. The molecule has 0 aliphatic carbocycles. The van der Waals surface area contributed by atoms with Gasteiger partial charge in [0.15, 0.2) is 11.5 Å². The summed E-state index contributed by atoms with van der Waals surface area (Å²) in [6.07, 6.45) is 9.27. The maximum absolute atomic E-state index is 10.8. The summed E-state index contributed by atoms with van der Waals surface area (Å²) in [5, 5.41) is 20.4. The van der Waals surface area contributed by atoms with Gasteiger partial charge in [-0.15, -0.1) is 13.0 Å². The summed E-state index contributed by atoms with van der Waals surface area (Å²) >= 11 is 0. The van der Waals surface area contributed by atoms with E-state index in [9.17, 15) is 15.4 Å². The van der Waals surface area contributed by atoms with Crippen LogP contribution in [0.2, 0.25) is 0 Å². The lowest BCUT2D eigenvalue weighted by molar-refractivity contribution is -0.384. The van der Waals surface area contributed by atoms with E-state index in [0.29, 0.717) is 35.7 Å². The maximum atomic E-state index is 10.8. The van der Waals surface area contributed by atoms with E-state index in [0.717, 1.165) is 11.1 Å². The van der Waals surface area contributed by atoms with Gasteiger partial charge >= 0.3 is 0 Å². The minimum Gasteiger partial charge on any atom is -0.490 e. The molecule has 146 valence electrons. The number of nitro benzene ring substituents is 1. The lowest BCUT2D eigenvalue weighted by atomic mass is 10.0. The van der Waals surface area contributed by atoms with Crippen molar-refractivity contribution in [1.82, 2.24) is 0 Å². The van der Waals surface area contributed by atoms with E-state index >= 15 is 0 Å². The molecule has 6 nitrogen and oxygen atoms in total. The molecule has 29 heavy (non-hydrogen) atoms. The Labute approximate surface area is 169 Å². The molecule has 0 bridgehead atoms. The molecule has 6 heteroatoms. The molecular weight excluding hydrogens is 368 g/mol. The molecule has 2 aromatic carbocycles. The third kappa shape index (κ3) is 5.47. The second-order valence-corrected chi connectivity index (χ2v) is 5.90. The number of nitrogens with zero attached hydrogens (tertiary/aromatic N) is 2. The third-order valence-corrected chi connectivity index (χ3v) is 3.94. The quantitative estimate of drug-likeness (QED) is 0.154. The maximum Gasteiger partial charge on any atom is 0.269 e. The van der Waals surface area contributed by atoms with Gasteiger partial charge in [0, 0.05) is 17.7 Å². The molecule has 0 spiro atoms. The second-order valence-electron chi connectivity index (χ2n) is 5.90. The normalized spacial score (nSPS) is 10.5. The Balaban J connectivity index is 2.53. The zero-order valence-electron chi connectivity index (χ0n) is 16.1. The lowest BCUT2D eigenvalue weighted by Gasteiger charge is -2.15. The van der Waals surface area contributed by atoms with Crippen molar-refractivity contribution in [3.8, 4) is 29.9 Å². The zero-order valence-corrected chi connectivity index (χ0v) is 16.1. The van der Waals surface area contributed by atoms with Crippen LogP contribution < -0.4 is 9.47 Å². The fraction of sp³-hybridized carbons (Fsp3) is 0.174. The highest BCUT2D eigenvalue weighted by atomic mass is 16.6. The first-order valence-electron chi connectivity index (χ1n) is 8.87. The average molecular weight is 388 g/mol. The van der Waals surface area contributed by atoms with Crippen LogP contribution in [0.3, 0.4) is 0 Å². The summed E-state index contributed by atoms with van der Waals surface area (Å²) in [6, 6.07) is 11.6. The van der Waals surface area contributed by atoms with E-state index < -0.39 is 4.92 Å². The van der Waals surface area contributed by atoms with Crippen LogP contribution >= 0.6 is 0 Å². The standard InChI is InChI=1S/C23H20N2O4/c1-4-7-19-13-17(15-22(28-6-3)23(19)29-12-5-2)14-20(16-24)18-8-10-21(11-9-18)25(26)27/h2,4,8-11,13-15H,1,6-7,12H2,3H3/b20-14+. The highest BCUT2D eigenvalue weighted by Crippen LogP contribution is 2.35. The van der Waals surface area contributed by atoms with Gasteiger partial charge in [0.25, 0.3) is 5.69 Å². The van der Waals surface area contributed by atoms with Crippen LogP contribution in [0.15, 0.2) is 49.1 Å². The molecule has 0 saturated heterocycles. The number of terminal acetylenes is 1. The Hall–Kier alpha value is -4.03. The Bertz CT molecular complexity index is 1010. The van der Waals surface area contributed by atoms with Crippen LogP contribution in [0.4, 0.5) is 5.69 Å². The molecule has 0 amide bonds. The van der Waals surface area contributed by atoms with Gasteiger partial charge in [-0.25, -0.2) is 0 Å². The van der Waals surface area contributed by atoms with Gasteiger partial charge in [0.05, 0.1) is 23.2 Å². The van der Waals surface area contributed by atoms with E-state index in [4.69, 9.17) is 15.9 Å². The van der Waals surface area contributed by atoms with Crippen LogP contribution in [-0.2, 0) is 6.42 Å². The van der Waals surface area contributed by atoms with E-state index in [-0.39, 0.29) is 12.3 Å². The number of benzene rings is 2. The van der Waals surface area contributed by atoms with E-state index in [1.165, 1.54) is 12.1 Å². The minimum atomic E-state index is -0.482. The van der Waals surface area contributed by atoms with E-state index in [1.807, 2.05) is 13.0 Å². The van der Waals surface area contributed by atoms with Crippen LogP contribution in [0, 0.1) is 33.8 Å². The lowest BCUT2D eigenvalue weighted by Crippen LogP contribution is -2.03. The monoisotopic (exact) mass is 388 g/mol. The van der Waals surface area contributed by atoms with Crippen molar-refractivity contribution in [2.24, 2.45) is 0 Å². The molecule has 0 saturated carbocycles. The Morgan fingerprint density at radius 3 is 2.59 bits per heavy atom. The smallest absolute Gasteiger partial charge is 0.269 e. The minimum absolute atomic E-state index is 0.0343. The Morgan fingerprint density at radius 2 is 2.03 bits per heavy atom. The number of non-ortho nitro benzene ring substituents is 1. The van der Waals surface area contributed by atoms with Crippen molar-refractivity contribution in [3.05, 3.63) is 75.9 Å². The van der Waals surface area contributed by atoms with Crippen LogP contribution in [0.5, 0.6) is 11.5 Å². The van der Waals surface area contributed by atoms with Crippen LogP contribution in [0.25, 0.3) is 11.6 Å². The fourth-order valence-electron chi connectivity index (χ4n) is 2.72.